The third kappa shape index (κ3) is 4.60. The summed E-state index contributed by atoms with van der Waals surface area (Å²) >= 11 is 6.12. The van der Waals surface area contributed by atoms with Crippen molar-refractivity contribution in [1.29, 1.82) is 0 Å². The first-order valence-corrected chi connectivity index (χ1v) is 8.95. The molecule has 25 heavy (non-hydrogen) atoms. The number of piperazine rings is 1. The molecule has 0 aromatic heterocycles. The highest BCUT2D eigenvalue weighted by molar-refractivity contribution is 6.30. The van der Waals surface area contributed by atoms with Crippen LogP contribution in [-0.2, 0) is 16.1 Å². The van der Waals surface area contributed by atoms with Gasteiger partial charge in [-0.3, -0.25) is 4.79 Å². The summed E-state index contributed by atoms with van der Waals surface area (Å²) in [5.41, 5.74) is 2.11. The van der Waals surface area contributed by atoms with Crippen molar-refractivity contribution in [2.24, 2.45) is 0 Å². The van der Waals surface area contributed by atoms with Gasteiger partial charge in [-0.15, -0.1) is 0 Å². The number of nitrogens with zero attached hydrogens (tertiary/aromatic N) is 1. The van der Waals surface area contributed by atoms with Crippen LogP contribution in [0.4, 0.5) is 0 Å². The molecular formula is C20H23ClN2O2. The number of hydrogen-bond donors (Lipinski definition) is 1. The number of ether oxygens (including phenoxy) is 1. The lowest BCUT2D eigenvalue weighted by Gasteiger charge is -2.38. The molecule has 1 fully saturated rings. The van der Waals surface area contributed by atoms with Crippen LogP contribution in [0.5, 0.6) is 0 Å². The third-order valence-corrected chi connectivity index (χ3v) is 4.69. The molecule has 0 saturated carbocycles. The molecule has 0 aliphatic carbocycles. The molecule has 1 aliphatic heterocycles. The van der Waals surface area contributed by atoms with Gasteiger partial charge in [0.05, 0.1) is 12.6 Å². The zero-order valence-electron chi connectivity index (χ0n) is 14.3. The maximum absolute atomic E-state index is 12.9. The van der Waals surface area contributed by atoms with Crippen LogP contribution in [0, 0.1) is 0 Å². The van der Waals surface area contributed by atoms with Crippen molar-refractivity contribution in [3.05, 3.63) is 70.7 Å². The van der Waals surface area contributed by atoms with E-state index in [-0.39, 0.29) is 11.9 Å². The van der Waals surface area contributed by atoms with Crippen molar-refractivity contribution in [3.8, 4) is 0 Å². The number of halogens is 1. The lowest BCUT2D eigenvalue weighted by molar-refractivity contribution is -0.147. The fraction of sp³-hybridized carbons (Fsp3) is 0.350. The number of carbonyl (C=O) groups is 1. The molecule has 2 aromatic rings. The van der Waals surface area contributed by atoms with Crippen molar-refractivity contribution in [1.82, 2.24) is 10.2 Å². The minimum atomic E-state index is -0.486. The summed E-state index contributed by atoms with van der Waals surface area (Å²) in [4.78, 5) is 14.8. The van der Waals surface area contributed by atoms with E-state index in [2.05, 4.69) is 5.32 Å². The van der Waals surface area contributed by atoms with E-state index in [0.717, 1.165) is 24.2 Å². The molecule has 4 nitrogen and oxygen atoms in total. The first-order valence-electron chi connectivity index (χ1n) is 8.57. The molecule has 1 amide bonds. The molecular weight excluding hydrogens is 336 g/mol. The SMILES string of the molecule is CC(OCc1ccccc1)C(=O)N1CCNCC1c1cccc(Cl)c1. The largest absolute Gasteiger partial charge is 0.364 e. The summed E-state index contributed by atoms with van der Waals surface area (Å²) in [6.45, 7) is 4.42. The standard InChI is InChI=1S/C20H23ClN2O2/c1-15(25-14-16-6-3-2-4-7-16)20(24)23-11-10-22-13-19(23)17-8-5-9-18(21)12-17/h2-9,12,15,19,22H,10-11,13-14H2,1H3. The van der Waals surface area contributed by atoms with Crippen LogP contribution in [0.1, 0.15) is 24.1 Å². The topological polar surface area (TPSA) is 41.6 Å². The Morgan fingerprint density at radius 1 is 1.28 bits per heavy atom. The van der Waals surface area contributed by atoms with Gasteiger partial charge in [0.2, 0.25) is 0 Å². The van der Waals surface area contributed by atoms with Gasteiger partial charge in [-0.1, -0.05) is 54.1 Å². The van der Waals surface area contributed by atoms with Gasteiger partial charge in [0, 0.05) is 24.7 Å². The normalized spacial score (nSPS) is 18.8. The Morgan fingerprint density at radius 3 is 2.84 bits per heavy atom. The van der Waals surface area contributed by atoms with Crippen LogP contribution in [0.3, 0.4) is 0 Å². The van der Waals surface area contributed by atoms with E-state index in [1.807, 2.05) is 66.4 Å². The van der Waals surface area contributed by atoms with E-state index in [1.54, 1.807) is 0 Å². The number of amides is 1. The van der Waals surface area contributed by atoms with E-state index >= 15 is 0 Å². The van der Waals surface area contributed by atoms with E-state index < -0.39 is 6.10 Å². The Bertz CT molecular complexity index is 708. The molecule has 0 spiro atoms. The lowest BCUT2D eigenvalue weighted by Crippen LogP contribution is -2.51. The molecule has 3 rings (SSSR count). The van der Waals surface area contributed by atoms with Crippen LogP contribution in [-0.4, -0.2) is 36.5 Å². The van der Waals surface area contributed by atoms with Gasteiger partial charge in [-0.2, -0.15) is 0 Å². The highest BCUT2D eigenvalue weighted by Gasteiger charge is 2.31. The second kappa shape index (κ2) is 8.48. The highest BCUT2D eigenvalue weighted by atomic mass is 35.5. The van der Waals surface area contributed by atoms with Crippen LogP contribution < -0.4 is 5.32 Å². The Balaban J connectivity index is 1.67. The average molecular weight is 359 g/mol. The van der Waals surface area contributed by atoms with Gasteiger partial charge in [0.1, 0.15) is 6.10 Å². The number of rotatable bonds is 5. The zero-order chi connectivity index (χ0) is 17.6. The number of benzene rings is 2. The number of carbonyl (C=O) groups excluding carboxylic acids is 1. The molecule has 2 aromatic carbocycles. The lowest BCUT2D eigenvalue weighted by atomic mass is 10.0. The van der Waals surface area contributed by atoms with Gasteiger partial charge >= 0.3 is 0 Å². The average Bonchev–Trinajstić information content (AvgIpc) is 2.66. The maximum atomic E-state index is 12.9. The van der Waals surface area contributed by atoms with Crippen molar-refractivity contribution in [3.63, 3.8) is 0 Å². The summed E-state index contributed by atoms with van der Waals surface area (Å²) in [6.07, 6.45) is -0.486. The molecule has 2 unspecified atom stereocenters. The van der Waals surface area contributed by atoms with Gasteiger partial charge in [-0.25, -0.2) is 0 Å². The first kappa shape index (κ1) is 17.9. The molecule has 132 valence electrons. The summed E-state index contributed by atoms with van der Waals surface area (Å²) in [7, 11) is 0. The smallest absolute Gasteiger partial charge is 0.252 e. The molecule has 2 atom stereocenters. The maximum Gasteiger partial charge on any atom is 0.252 e. The van der Waals surface area contributed by atoms with E-state index in [0.29, 0.717) is 18.2 Å². The molecule has 1 saturated heterocycles. The van der Waals surface area contributed by atoms with Crippen molar-refractivity contribution < 1.29 is 9.53 Å². The number of hydrogen-bond acceptors (Lipinski definition) is 3. The number of nitrogens with one attached hydrogen (secondary N) is 1. The van der Waals surface area contributed by atoms with Gasteiger partial charge in [-0.05, 0) is 30.2 Å². The second-order valence-electron chi connectivity index (χ2n) is 6.25. The van der Waals surface area contributed by atoms with E-state index in [1.165, 1.54) is 0 Å². The van der Waals surface area contributed by atoms with E-state index in [4.69, 9.17) is 16.3 Å². The quantitative estimate of drug-likeness (QED) is 0.890. The van der Waals surface area contributed by atoms with Crippen molar-refractivity contribution >= 4 is 17.5 Å². The Hall–Kier alpha value is -1.88. The predicted octanol–water partition coefficient (Wildman–Crippen LogP) is 3.42. The highest BCUT2D eigenvalue weighted by Crippen LogP contribution is 2.25. The monoisotopic (exact) mass is 358 g/mol. The molecule has 0 bridgehead atoms. The van der Waals surface area contributed by atoms with Crippen LogP contribution in [0.25, 0.3) is 0 Å². The predicted molar refractivity (Wildman–Crippen MR) is 99.5 cm³/mol. The fourth-order valence-corrected chi connectivity index (χ4v) is 3.28. The Morgan fingerprint density at radius 2 is 2.08 bits per heavy atom. The fourth-order valence-electron chi connectivity index (χ4n) is 3.08. The van der Waals surface area contributed by atoms with Gasteiger partial charge in [0.15, 0.2) is 0 Å². The van der Waals surface area contributed by atoms with Gasteiger partial charge < -0.3 is 15.0 Å². The minimum Gasteiger partial charge on any atom is -0.364 e. The Kier molecular flexibility index (Phi) is 6.08. The van der Waals surface area contributed by atoms with Crippen molar-refractivity contribution in [2.75, 3.05) is 19.6 Å². The molecule has 1 heterocycles. The summed E-state index contributed by atoms with van der Waals surface area (Å²) in [6, 6.07) is 17.6. The third-order valence-electron chi connectivity index (χ3n) is 4.45. The van der Waals surface area contributed by atoms with E-state index in [9.17, 15) is 4.79 Å². The Labute approximate surface area is 153 Å². The second-order valence-corrected chi connectivity index (χ2v) is 6.68. The van der Waals surface area contributed by atoms with Crippen LogP contribution in [0.2, 0.25) is 5.02 Å². The summed E-state index contributed by atoms with van der Waals surface area (Å²) in [5, 5.41) is 4.04. The van der Waals surface area contributed by atoms with Crippen LogP contribution >= 0.6 is 11.6 Å². The molecule has 0 radical (unpaired) electrons. The first-order chi connectivity index (χ1) is 12.1. The summed E-state index contributed by atoms with van der Waals surface area (Å²) in [5.74, 6) is 0.0161. The molecule has 1 N–H and O–H groups in total. The van der Waals surface area contributed by atoms with Crippen molar-refractivity contribution in [2.45, 2.75) is 25.7 Å². The molecule has 1 aliphatic rings. The minimum absolute atomic E-state index is 0.0161. The van der Waals surface area contributed by atoms with Gasteiger partial charge in [0.25, 0.3) is 5.91 Å². The van der Waals surface area contributed by atoms with Crippen LogP contribution in [0.15, 0.2) is 54.6 Å². The summed E-state index contributed by atoms with van der Waals surface area (Å²) < 4.78 is 5.81. The zero-order valence-corrected chi connectivity index (χ0v) is 15.1. The molecule has 5 heteroatoms.